The van der Waals surface area contributed by atoms with Crippen LogP contribution in [-0.4, -0.2) is 29.4 Å². The molecule has 0 fully saturated rings. The van der Waals surface area contributed by atoms with Gasteiger partial charge in [0.15, 0.2) is 0 Å². The van der Waals surface area contributed by atoms with Crippen molar-refractivity contribution in [2.75, 3.05) is 12.4 Å². The monoisotopic (exact) mass is 150 g/mol. The molecular formula is C4H6O4S. The highest BCUT2D eigenvalue weighted by Crippen LogP contribution is 1.82. The first kappa shape index (κ1) is 8.45. The fourth-order valence-electron chi connectivity index (χ4n) is 0.192. The van der Waals surface area contributed by atoms with Crippen LogP contribution >= 0.6 is 12.6 Å². The maximum atomic E-state index is 10.2. The molecule has 0 radical (unpaired) electrons. The van der Waals surface area contributed by atoms with E-state index in [2.05, 4.69) is 17.4 Å². The zero-order chi connectivity index (χ0) is 7.28. The summed E-state index contributed by atoms with van der Waals surface area (Å²) in [5.41, 5.74) is 0. The summed E-state index contributed by atoms with van der Waals surface area (Å²) in [6.45, 7) is -0.778. The number of carbonyl (C=O) groups excluding carboxylic acids is 2. The van der Waals surface area contributed by atoms with E-state index >= 15 is 0 Å². The second kappa shape index (κ2) is 4.34. The summed E-state index contributed by atoms with van der Waals surface area (Å²) in [5.74, 6) is -1.86. The first-order valence-corrected chi connectivity index (χ1v) is 2.79. The van der Waals surface area contributed by atoms with E-state index in [-0.39, 0.29) is 5.75 Å². The van der Waals surface area contributed by atoms with Crippen LogP contribution in [0.1, 0.15) is 0 Å². The number of rotatable bonds is 2. The van der Waals surface area contributed by atoms with Crippen LogP contribution in [0.5, 0.6) is 0 Å². The van der Waals surface area contributed by atoms with Gasteiger partial charge in [-0.25, -0.2) is 4.79 Å². The summed E-state index contributed by atoms with van der Waals surface area (Å²) >= 11 is 3.52. The van der Waals surface area contributed by atoms with Crippen LogP contribution in [0.3, 0.4) is 0 Å². The van der Waals surface area contributed by atoms with Gasteiger partial charge in [0.1, 0.15) is 6.61 Å². The quantitative estimate of drug-likeness (QED) is 0.300. The maximum absolute atomic E-state index is 10.2. The van der Waals surface area contributed by atoms with Gasteiger partial charge in [-0.2, -0.15) is 12.6 Å². The van der Waals surface area contributed by atoms with Crippen LogP contribution in [0.15, 0.2) is 0 Å². The van der Waals surface area contributed by atoms with Gasteiger partial charge in [0.05, 0.1) is 5.75 Å². The Labute approximate surface area is 57.2 Å². The Kier molecular flexibility index (Phi) is 4.08. The molecule has 0 aliphatic carbocycles. The van der Waals surface area contributed by atoms with Crippen molar-refractivity contribution in [3.05, 3.63) is 0 Å². The van der Waals surface area contributed by atoms with E-state index in [1.165, 1.54) is 0 Å². The van der Waals surface area contributed by atoms with Gasteiger partial charge in [-0.05, 0) is 0 Å². The largest absolute Gasteiger partial charge is 0.391 e. The number of hydrogen-bond donors (Lipinski definition) is 2. The van der Waals surface area contributed by atoms with E-state index in [9.17, 15) is 9.59 Å². The van der Waals surface area contributed by atoms with Crippen molar-refractivity contribution in [1.82, 2.24) is 0 Å². The van der Waals surface area contributed by atoms with Crippen LogP contribution in [0.25, 0.3) is 0 Å². The molecule has 1 N–H and O–H groups in total. The smallest absolute Gasteiger partial charge is 0.339 e. The second-order valence-electron chi connectivity index (χ2n) is 1.16. The lowest BCUT2D eigenvalue weighted by Gasteiger charge is -1.94. The van der Waals surface area contributed by atoms with Gasteiger partial charge >= 0.3 is 11.9 Å². The summed E-state index contributed by atoms with van der Waals surface area (Å²) in [5, 5.41) is 8.03. The molecule has 0 saturated carbocycles. The molecule has 52 valence electrons. The second-order valence-corrected chi connectivity index (χ2v) is 1.48. The van der Waals surface area contributed by atoms with Crippen molar-refractivity contribution in [2.45, 2.75) is 0 Å². The van der Waals surface area contributed by atoms with E-state index in [4.69, 9.17) is 5.11 Å². The Balaban J connectivity index is 3.47. The zero-order valence-electron chi connectivity index (χ0n) is 4.53. The molecule has 0 spiro atoms. The summed E-state index contributed by atoms with van der Waals surface area (Å²) in [4.78, 5) is 20.2. The van der Waals surface area contributed by atoms with Crippen molar-refractivity contribution >= 4 is 24.6 Å². The molecule has 0 heterocycles. The normalized spacial score (nSPS) is 8.67. The van der Waals surface area contributed by atoms with Gasteiger partial charge in [-0.15, -0.1) is 0 Å². The average Bonchev–Trinajstić information content (AvgIpc) is 1.87. The molecule has 0 amide bonds. The number of esters is 2. The fourth-order valence-corrected chi connectivity index (χ4v) is 0.256. The number of ether oxygens (including phenoxy) is 1. The number of thiol groups is 1. The molecule has 5 heteroatoms. The Hall–Kier alpha value is -0.550. The summed E-state index contributed by atoms with van der Waals surface area (Å²) in [6.07, 6.45) is 0. The highest BCUT2D eigenvalue weighted by molar-refractivity contribution is 7.81. The predicted molar refractivity (Wildman–Crippen MR) is 32.0 cm³/mol. The molecule has 0 aromatic heterocycles. The van der Waals surface area contributed by atoms with Gasteiger partial charge in [0.25, 0.3) is 0 Å². The van der Waals surface area contributed by atoms with E-state index in [0.717, 1.165) is 0 Å². The standard InChI is InChI=1S/C4H6O4S/c5-1-3(6)8-4(7)2-9/h5,9H,1-2H2. The van der Waals surface area contributed by atoms with Gasteiger partial charge in [-0.1, -0.05) is 0 Å². The molecule has 0 bridgehead atoms. The molecule has 4 nitrogen and oxygen atoms in total. The number of aliphatic hydroxyl groups excluding tert-OH is 1. The Morgan fingerprint density at radius 2 is 2.00 bits per heavy atom. The van der Waals surface area contributed by atoms with Crippen LogP contribution in [0.4, 0.5) is 0 Å². The fraction of sp³-hybridized carbons (Fsp3) is 0.500. The molecule has 0 aliphatic heterocycles. The van der Waals surface area contributed by atoms with Crippen LogP contribution in [-0.2, 0) is 14.3 Å². The first-order chi connectivity index (χ1) is 4.20. The minimum Gasteiger partial charge on any atom is -0.391 e. The van der Waals surface area contributed by atoms with Gasteiger partial charge < -0.3 is 9.84 Å². The molecular weight excluding hydrogens is 144 g/mol. The highest BCUT2D eigenvalue weighted by atomic mass is 32.1. The number of carbonyl (C=O) groups is 2. The topological polar surface area (TPSA) is 63.6 Å². The lowest BCUT2D eigenvalue weighted by atomic mass is 10.7. The lowest BCUT2D eigenvalue weighted by molar-refractivity contribution is -0.159. The van der Waals surface area contributed by atoms with E-state index < -0.39 is 18.5 Å². The Morgan fingerprint density at radius 1 is 1.44 bits per heavy atom. The molecule has 0 saturated heterocycles. The SMILES string of the molecule is O=C(CO)OC(=O)CS. The van der Waals surface area contributed by atoms with E-state index in [1.54, 1.807) is 0 Å². The Bertz CT molecular complexity index is 108. The van der Waals surface area contributed by atoms with Crippen molar-refractivity contribution in [1.29, 1.82) is 0 Å². The van der Waals surface area contributed by atoms with Crippen LogP contribution < -0.4 is 0 Å². The molecule has 0 aromatic carbocycles. The number of hydrogen-bond acceptors (Lipinski definition) is 5. The number of aliphatic hydroxyl groups is 1. The van der Waals surface area contributed by atoms with Crippen molar-refractivity contribution in [2.24, 2.45) is 0 Å². The summed E-state index contributed by atoms with van der Waals surface area (Å²) in [6, 6.07) is 0. The maximum Gasteiger partial charge on any atom is 0.339 e. The molecule has 0 rings (SSSR count). The van der Waals surface area contributed by atoms with Crippen molar-refractivity contribution < 1.29 is 19.4 Å². The third-order valence-corrected chi connectivity index (χ3v) is 0.744. The van der Waals surface area contributed by atoms with Crippen LogP contribution in [0.2, 0.25) is 0 Å². The molecule has 0 aliphatic rings. The highest BCUT2D eigenvalue weighted by Gasteiger charge is 2.05. The lowest BCUT2D eigenvalue weighted by Crippen LogP contribution is -2.15. The third-order valence-electron chi connectivity index (χ3n) is 0.486. The average molecular weight is 150 g/mol. The predicted octanol–water partition coefficient (Wildman–Crippen LogP) is -1.02. The molecule has 0 atom stereocenters. The third kappa shape index (κ3) is 3.99. The van der Waals surface area contributed by atoms with Gasteiger partial charge in [0.2, 0.25) is 0 Å². The van der Waals surface area contributed by atoms with Crippen molar-refractivity contribution in [3.63, 3.8) is 0 Å². The van der Waals surface area contributed by atoms with Crippen molar-refractivity contribution in [3.8, 4) is 0 Å². The van der Waals surface area contributed by atoms with E-state index in [0.29, 0.717) is 0 Å². The minimum atomic E-state index is -0.950. The minimum absolute atomic E-state index is 0.161. The van der Waals surface area contributed by atoms with Gasteiger partial charge in [0, 0.05) is 0 Å². The van der Waals surface area contributed by atoms with E-state index in [1.807, 2.05) is 0 Å². The first-order valence-electron chi connectivity index (χ1n) is 2.16. The zero-order valence-corrected chi connectivity index (χ0v) is 5.43. The molecule has 0 unspecified atom stereocenters. The Morgan fingerprint density at radius 3 is 2.33 bits per heavy atom. The molecule has 9 heavy (non-hydrogen) atoms. The summed E-state index contributed by atoms with van der Waals surface area (Å²) < 4.78 is 3.94. The molecule has 0 aromatic rings. The summed E-state index contributed by atoms with van der Waals surface area (Å²) in [7, 11) is 0. The van der Waals surface area contributed by atoms with Crippen LogP contribution in [0, 0.1) is 0 Å². The van der Waals surface area contributed by atoms with Gasteiger partial charge in [-0.3, -0.25) is 4.79 Å².